The highest BCUT2D eigenvalue weighted by Crippen LogP contribution is 2.31. The van der Waals surface area contributed by atoms with Gasteiger partial charge in [0.1, 0.15) is 6.10 Å². The van der Waals surface area contributed by atoms with Gasteiger partial charge in [-0.3, -0.25) is 0 Å². The lowest BCUT2D eigenvalue weighted by Crippen LogP contribution is -2.30. The summed E-state index contributed by atoms with van der Waals surface area (Å²) in [4.78, 5) is 11.3. The number of rotatable bonds is 4. The number of aliphatic hydroxyl groups excluding tert-OH is 2. The molecule has 0 heterocycles. The minimum Gasteiger partial charge on any atom is -0.464 e. The highest BCUT2D eigenvalue weighted by atomic mass is 79.9. The molecule has 17 heavy (non-hydrogen) atoms. The highest BCUT2D eigenvalue weighted by molar-refractivity contribution is 9.10. The first kappa shape index (κ1) is 14.4. The molecule has 1 aromatic carbocycles. The second-order valence-corrected chi connectivity index (χ2v) is 4.48. The fourth-order valence-corrected chi connectivity index (χ4v) is 1.96. The first-order valence-electron chi connectivity index (χ1n) is 4.95. The van der Waals surface area contributed by atoms with Gasteiger partial charge in [0.15, 0.2) is 6.10 Å². The minimum atomic E-state index is -1.63. The number of carbonyl (C=O) groups excluding carboxylic acids is 1. The van der Waals surface area contributed by atoms with E-state index in [1.165, 1.54) is 0 Å². The van der Waals surface area contributed by atoms with E-state index in [1.54, 1.807) is 25.1 Å². The van der Waals surface area contributed by atoms with Crippen molar-refractivity contribution in [2.75, 3.05) is 6.61 Å². The number of halogens is 2. The molecule has 0 amide bonds. The molecule has 0 spiro atoms. The van der Waals surface area contributed by atoms with Gasteiger partial charge in [0.05, 0.1) is 11.6 Å². The Hall–Kier alpha value is -0.620. The molecule has 6 heteroatoms. The molecular weight excluding hydrogens is 311 g/mol. The van der Waals surface area contributed by atoms with Crippen LogP contribution in [0.3, 0.4) is 0 Å². The Morgan fingerprint density at radius 3 is 2.76 bits per heavy atom. The fourth-order valence-electron chi connectivity index (χ4n) is 1.28. The molecule has 0 radical (unpaired) electrons. The molecular formula is C11H12BrClO4. The summed E-state index contributed by atoms with van der Waals surface area (Å²) in [6, 6.07) is 4.80. The van der Waals surface area contributed by atoms with E-state index < -0.39 is 18.2 Å². The Morgan fingerprint density at radius 2 is 2.18 bits per heavy atom. The van der Waals surface area contributed by atoms with Crippen molar-refractivity contribution in [1.29, 1.82) is 0 Å². The largest absolute Gasteiger partial charge is 0.464 e. The maximum absolute atomic E-state index is 11.3. The van der Waals surface area contributed by atoms with Crippen LogP contribution in [-0.4, -0.2) is 28.9 Å². The SMILES string of the molecule is CCOC(=O)C(O)C(O)c1cccc(Cl)c1Br. The third-order valence-electron chi connectivity index (χ3n) is 2.13. The molecule has 2 N–H and O–H groups in total. The Balaban J connectivity index is 2.92. The monoisotopic (exact) mass is 322 g/mol. The van der Waals surface area contributed by atoms with Gasteiger partial charge < -0.3 is 14.9 Å². The van der Waals surface area contributed by atoms with Crippen LogP contribution in [0.2, 0.25) is 5.02 Å². The number of ether oxygens (including phenoxy) is 1. The first-order valence-corrected chi connectivity index (χ1v) is 6.12. The Morgan fingerprint density at radius 1 is 1.53 bits per heavy atom. The zero-order chi connectivity index (χ0) is 13.0. The molecule has 0 aliphatic carbocycles. The molecule has 0 bridgehead atoms. The Labute approximate surface area is 112 Å². The maximum atomic E-state index is 11.3. The van der Waals surface area contributed by atoms with Crippen LogP contribution in [0.1, 0.15) is 18.6 Å². The third-order valence-corrected chi connectivity index (χ3v) is 3.56. The normalized spacial score (nSPS) is 14.2. The van der Waals surface area contributed by atoms with E-state index >= 15 is 0 Å². The van der Waals surface area contributed by atoms with E-state index in [1.807, 2.05) is 0 Å². The predicted molar refractivity (Wildman–Crippen MR) is 66.8 cm³/mol. The standard InChI is InChI=1S/C11H12BrClO4/c1-2-17-11(16)10(15)9(14)6-4-3-5-7(13)8(6)12/h3-5,9-10,14-15H,2H2,1H3. The average molecular weight is 324 g/mol. The van der Waals surface area contributed by atoms with E-state index in [0.29, 0.717) is 15.1 Å². The van der Waals surface area contributed by atoms with E-state index in [-0.39, 0.29) is 6.61 Å². The highest BCUT2D eigenvalue weighted by Gasteiger charge is 2.28. The first-order chi connectivity index (χ1) is 7.99. The van der Waals surface area contributed by atoms with Crippen molar-refractivity contribution in [2.24, 2.45) is 0 Å². The summed E-state index contributed by atoms with van der Waals surface area (Å²) in [5.41, 5.74) is 0.332. The summed E-state index contributed by atoms with van der Waals surface area (Å²) in [6.07, 6.45) is -3.02. The molecule has 0 aromatic heterocycles. The summed E-state index contributed by atoms with van der Waals surface area (Å²) in [6.45, 7) is 1.76. The number of carbonyl (C=O) groups is 1. The maximum Gasteiger partial charge on any atom is 0.338 e. The van der Waals surface area contributed by atoms with Crippen molar-refractivity contribution in [2.45, 2.75) is 19.1 Å². The second-order valence-electron chi connectivity index (χ2n) is 3.28. The van der Waals surface area contributed by atoms with Crippen LogP contribution in [0, 0.1) is 0 Å². The summed E-state index contributed by atoms with van der Waals surface area (Å²) in [5, 5.41) is 19.8. The van der Waals surface area contributed by atoms with Crippen LogP contribution >= 0.6 is 27.5 Å². The third kappa shape index (κ3) is 3.42. The van der Waals surface area contributed by atoms with Gasteiger partial charge in [-0.2, -0.15) is 0 Å². The van der Waals surface area contributed by atoms with Crippen molar-refractivity contribution < 1.29 is 19.7 Å². The molecule has 2 atom stereocenters. The summed E-state index contributed by atoms with van der Waals surface area (Å²) < 4.78 is 5.06. The lowest BCUT2D eigenvalue weighted by atomic mass is 10.0. The molecule has 1 rings (SSSR count). The lowest BCUT2D eigenvalue weighted by molar-refractivity contribution is -0.159. The summed E-state index contributed by atoms with van der Waals surface area (Å²) in [7, 11) is 0. The van der Waals surface area contributed by atoms with Crippen molar-refractivity contribution in [1.82, 2.24) is 0 Å². The number of aliphatic hydroxyl groups is 2. The van der Waals surface area contributed by atoms with Crippen LogP contribution in [0.5, 0.6) is 0 Å². The van der Waals surface area contributed by atoms with E-state index in [9.17, 15) is 15.0 Å². The zero-order valence-electron chi connectivity index (χ0n) is 9.06. The van der Waals surface area contributed by atoms with Crippen LogP contribution < -0.4 is 0 Å². The summed E-state index contributed by atoms with van der Waals surface area (Å²) in [5.74, 6) is -0.869. The van der Waals surface area contributed by atoms with Crippen molar-refractivity contribution in [3.63, 3.8) is 0 Å². The quantitative estimate of drug-likeness (QED) is 0.832. The van der Waals surface area contributed by atoms with Crippen LogP contribution in [0.15, 0.2) is 22.7 Å². The molecule has 0 saturated heterocycles. The fraction of sp³-hybridized carbons (Fsp3) is 0.364. The molecule has 94 valence electrons. The van der Waals surface area contributed by atoms with Crippen LogP contribution in [-0.2, 0) is 9.53 Å². The van der Waals surface area contributed by atoms with Gasteiger partial charge in [0.25, 0.3) is 0 Å². The molecule has 0 aliphatic heterocycles. The van der Waals surface area contributed by atoms with Crippen LogP contribution in [0.4, 0.5) is 0 Å². The molecule has 0 fully saturated rings. The zero-order valence-corrected chi connectivity index (χ0v) is 11.4. The van der Waals surface area contributed by atoms with E-state index in [2.05, 4.69) is 20.7 Å². The summed E-state index contributed by atoms with van der Waals surface area (Å²) >= 11 is 9.03. The van der Waals surface area contributed by atoms with Crippen LogP contribution in [0.25, 0.3) is 0 Å². The second kappa shape index (κ2) is 6.35. The number of hydrogen-bond donors (Lipinski definition) is 2. The topological polar surface area (TPSA) is 66.8 Å². The van der Waals surface area contributed by atoms with Gasteiger partial charge in [-0.1, -0.05) is 23.7 Å². The smallest absolute Gasteiger partial charge is 0.338 e. The van der Waals surface area contributed by atoms with Gasteiger partial charge in [0.2, 0.25) is 0 Å². The molecule has 1 aromatic rings. The van der Waals surface area contributed by atoms with Gasteiger partial charge in [0, 0.05) is 4.47 Å². The van der Waals surface area contributed by atoms with Gasteiger partial charge >= 0.3 is 5.97 Å². The lowest BCUT2D eigenvalue weighted by Gasteiger charge is -2.18. The number of benzene rings is 1. The van der Waals surface area contributed by atoms with Crippen molar-refractivity contribution >= 4 is 33.5 Å². The molecule has 2 unspecified atom stereocenters. The number of esters is 1. The predicted octanol–water partition coefficient (Wildman–Crippen LogP) is 2.06. The molecule has 0 saturated carbocycles. The van der Waals surface area contributed by atoms with Gasteiger partial charge in [-0.15, -0.1) is 0 Å². The van der Waals surface area contributed by atoms with Gasteiger partial charge in [-0.25, -0.2) is 4.79 Å². The van der Waals surface area contributed by atoms with Gasteiger partial charge in [-0.05, 0) is 34.5 Å². The van der Waals surface area contributed by atoms with Crippen molar-refractivity contribution in [3.05, 3.63) is 33.3 Å². The molecule has 0 aliphatic rings. The van der Waals surface area contributed by atoms with Crippen molar-refractivity contribution in [3.8, 4) is 0 Å². The minimum absolute atomic E-state index is 0.138. The number of hydrogen-bond acceptors (Lipinski definition) is 4. The average Bonchev–Trinajstić information content (AvgIpc) is 2.31. The Kier molecular flexibility index (Phi) is 5.39. The van der Waals surface area contributed by atoms with E-state index in [0.717, 1.165) is 0 Å². The molecule has 4 nitrogen and oxygen atoms in total. The van der Waals surface area contributed by atoms with E-state index in [4.69, 9.17) is 11.6 Å². The Bertz CT molecular complexity index is 410.